The van der Waals surface area contributed by atoms with Gasteiger partial charge in [0.1, 0.15) is 5.52 Å². The number of anilines is 1. The molecule has 0 saturated carbocycles. The van der Waals surface area contributed by atoms with Gasteiger partial charge in [-0.2, -0.15) is 10.1 Å². The summed E-state index contributed by atoms with van der Waals surface area (Å²) in [5, 5.41) is 13.8. The zero-order valence-corrected chi connectivity index (χ0v) is 15.4. The van der Waals surface area contributed by atoms with Gasteiger partial charge in [-0.15, -0.1) is 21.5 Å². The van der Waals surface area contributed by atoms with Crippen LogP contribution in [-0.4, -0.2) is 25.9 Å². The first kappa shape index (κ1) is 15.2. The molecular weight excluding hydrogens is 388 g/mol. The van der Waals surface area contributed by atoms with Crippen LogP contribution >= 0.6 is 27.3 Å². The Morgan fingerprint density at radius 3 is 2.92 bits per heavy atom. The molecule has 0 saturated heterocycles. The Kier molecular flexibility index (Phi) is 3.78. The molecule has 0 unspecified atom stereocenters. The molecule has 24 heavy (non-hydrogen) atoms. The van der Waals surface area contributed by atoms with Gasteiger partial charge in [0.2, 0.25) is 0 Å². The van der Waals surface area contributed by atoms with Crippen molar-refractivity contribution in [3.63, 3.8) is 0 Å². The fraction of sp³-hybridized carbons (Fsp3) is 0.125. The maximum absolute atomic E-state index is 4.46. The van der Waals surface area contributed by atoms with Crippen LogP contribution in [0.4, 0.5) is 5.95 Å². The second-order valence-corrected chi connectivity index (χ2v) is 7.88. The van der Waals surface area contributed by atoms with E-state index in [9.17, 15) is 0 Å². The molecule has 0 fully saturated rings. The highest BCUT2D eigenvalue weighted by atomic mass is 79.9. The van der Waals surface area contributed by atoms with Crippen LogP contribution in [0.2, 0.25) is 0 Å². The highest BCUT2D eigenvalue weighted by molar-refractivity contribution is 9.11. The number of fused-ring (bicyclic) bond motifs is 3. The number of thiophene rings is 1. The van der Waals surface area contributed by atoms with Gasteiger partial charge in [-0.3, -0.25) is 0 Å². The summed E-state index contributed by atoms with van der Waals surface area (Å²) in [4.78, 5) is 8.80. The fourth-order valence-corrected chi connectivity index (χ4v) is 3.76. The molecule has 3 aromatic heterocycles. The fourth-order valence-electron chi connectivity index (χ4n) is 2.43. The average Bonchev–Trinajstić information content (AvgIpc) is 3.15. The van der Waals surface area contributed by atoms with E-state index in [0.29, 0.717) is 11.6 Å². The molecule has 0 radical (unpaired) electrons. The number of rotatable bonds is 3. The largest absolute Gasteiger partial charge is 0.338 e. The monoisotopic (exact) mass is 400 g/mol. The van der Waals surface area contributed by atoms with Crippen molar-refractivity contribution < 1.29 is 0 Å². The molecule has 0 amide bonds. The summed E-state index contributed by atoms with van der Waals surface area (Å²) in [6.07, 6.45) is 0. The molecule has 0 spiro atoms. The molecule has 0 atom stereocenters. The van der Waals surface area contributed by atoms with Crippen LogP contribution in [0.15, 0.2) is 39.2 Å². The van der Waals surface area contributed by atoms with Crippen molar-refractivity contribution in [1.82, 2.24) is 20.2 Å². The third-order valence-electron chi connectivity index (χ3n) is 3.62. The molecule has 4 rings (SSSR count). The second kappa shape index (κ2) is 5.95. The van der Waals surface area contributed by atoms with Crippen LogP contribution < -0.4 is 5.43 Å². The lowest BCUT2D eigenvalue weighted by molar-refractivity contribution is 1.01. The maximum Gasteiger partial charge on any atom is 0.265 e. The van der Waals surface area contributed by atoms with E-state index < -0.39 is 0 Å². The van der Waals surface area contributed by atoms with E-state index in [1.165, 1.54) is 5.56 Å². The minimum absolute atomic E-state index is 0.362. The third-order valence-corrected chi connectivity index (χ3v) is 5.36. The highest BCUT2D eigenvalue weighted by Crippen LogP contribution is 2.24. The number of nitrogens with zero attached hydrogens (tertiary/aromatic N) is 4. The van der Waals surface area contributed by atoms with E-state index in [4.69, 9.17) is 0 Å². The molecule has 2 N–H and O–H groups in total. The molecule has 6 nitrogen and oxygen atoms in total. The van der Waals surface area contributed by atoms with Crippen LogP contribution in [0, 0.1) is 6.92 Å². The zero-order chi connectivity index (χ0) is 16.7. The summed E-state index contributed by atoms with van der Waals surface area (Å²) >= 11 is 5.07. The van der Waals surface area contributed by atoms with Crippen molar-refractivity contribution in [2.45, 2.75) is 13.8 Å². The van der Waals surface area contributed by atoms with E-state index in [2.05, 4.69) is 65.7 Å². The van der Waals surface area contributed by atoms with Gasteiger partial charge in [-0.05, 0) is 54.0 Å². The number of aryl methyl sites for hydroxylation is 1. The van der Waals surface area contributed by atoms with Crippen molar-refractivity contribution in [3.05, 3.63) is 44.6 Å². The Bertz CT molecular complexity index is 1080. The first-order valence-electron chi connectivity index (χ1n) is 7.29. The van der Waals surface area contributed by atoms with E-state index in [-0.39, 0.29) is 0 Å². The van der Waals surface area contributed by atoms with Crippen LogP contribution in [0.1, 0.15) is 17.4 Å². The molecule has 4 aromatic rings. The van der Waals surface area contributed by atoms with Gasteiger partial charge >= 0.3 is 0 Å². The number of hydrogen-bond donors (Lipinski definition) is 2. The number of H-pyrrole nitrogens is 1. The van der Waals surface area contributed by atoms with Gasteiger partial charge in [-0.1, -0.05) is 11.6 Å². The lowest BCUT2D eigenvalue weighted by atomic mass is 10.2. The van der Waals surface area contributed by atoms with Crippen molar-refractivity contribution >= 4 is 61.0 Å². The number of halogens is 1. The first-order valence-corrected chi connectivity index (χ1v) is 8.90. The normalized spacial score (nSPS) is 12.2. The Morgan fingerprint density at radius 2 is 2.12 bits per heavy atom. The molecule has 0 aliphatic carbocycles. The molecule has 8 heteroatoms. The Hall–Kier alpha value is -2.32. The van der Waals surface area contributed by atoms with Gasteiger partial charge in [0.05, 0.1) is 14.4 Å². The second-order valence-electron chi connectivity index (χ2n) is 5.42. The van der Waals surface area contributed by atoms with Crippen molar-refractivity contribution in [3.8, 4) is 0 Å². The highest BCUT2D eigenvalue weighted by Gasteiger charge is 2.09. The van der Waals surface area contributed by atoms with E-state index in [1.54, 1.807) is 11.3 Å². The van der Waals surface area contributed by atoms with Crippen molar-refractivity contribution in [2.24, 2.45) is 5.10 Å². The smallest absolute Gasteiger partial charge is 0.265 e. The van der Waals surface area contributed by atoms with Crippen LogP contribution in [0.25, 0.3) is 22.1 Å². The first-order chi connectivity index (χ1) is 11.6. The van der Waals surface area contributed by atoms with Gasteiger partial charge in [0, 0.05) is 10.9 Å². The molecule has 0 aliphatic heterocycles. The number of aromatic nitrogens is 4. The molecule has 0 aliphatic rings. The van der Waals surface area contributed by atoms with Gasteiger partial charge in [0.15, 0.2) is 5.65 Å². The SMILES string of the molecule is CC(=NNc1nnc2c(n1)[nH]c1ccc(C)cc12)c1ccc(Br)s1. The molecule has 0 bridgehead atoms. The standard InChI is InChI=1S/C16H13BrN6S/c1-8-3-4-11-10(7-8)14-15(18-11)19-16(23-21-14)22-20-9(2)12-5-6-13(17)24-12/h3-7H,1-2H3,(H2,18,19,22,23). The summed E-state index contributed by atoms with van der Waals surface area (Å²) < 4.78 is 1.07. The number of aromatic amines is 1. The number of nitrogens with one attached hydrogen (secondary N) is 2. The lowest BCUT2D eigenvalue weighted by Crippen LogP contribution is -2.02. The number of hydrazone groups is 1. The van der Waals surface area contributed by atoms with Crippen LogP contribution in [0.5, 0.6) is 0 Å². The Labute approximate surface area is 150 Å². The molecule has 3 heterocycles. The topological polar surface area (TPSA) is 78.8 Å². The third kappa shape index (κ3) is 2.78. The predicted octanol–water partition coefficient (Wildman–Crippen LogP) is 4.47. The average molecular weight is 401 g/mol. The minimum atomic E-state index is 0.362. The Morgan fingerprint density at radius 1 is 1.25 bits per heavy atom. The van der Waals surface area contributed by atoms with Crippen molar-refractivity contribution in [1.29, 1.82) is 0 Å². The van der Waals surface area contributed by atoms with E-state index >= 15 is 0 Å². The molecule has 1 aromatic carbocycles. The van der Waals surface area contributed by atoms with Gasteiger partial charge in [0.25, 0.3) is 5.95 Å². The predicted molar refractivity (Wildman–Crippen MR) is 102 cm³/mol. The summed E-state index contributed by atoms with van der Waals surface area (Å²) in [5.41, 5.74) is 7.37. The van der Waals surface area contributed by atoms with Crippen LogP contribution in [0.3, 0.4) is 0 Å². The Balaban J connectivity index is 1.66. The summed E-state index contributed by atoms with van der Waals surface area (Å²) in [5.74, 6) is 0.362. The summed E-state index contributed by atoms with van der Waals surface area (Å²) in [7, 11) is 0. The summed E-state index contributed by atoms with van der Waals surface area (Å²) in [6.45, 7) is 3.98. The number of hydrogen-bond acceptors (Lipinski definition) is 6. The maximum atomic E-state index is 4.46. The van der Waals surface area contributed by atoms with Crippen molar-refractivity contribution in [2.75, 3.05) is 5.43 Å². The lowest BCUT2D eigenvalue weighted by Gasteiger charge is -1.99. The quantitative estimate of drug-likeness (QED) is 0.392. The van der Waals surface area contributed by atoms with Gasteiger partial charge < -0.3 is 4.98 Å². The molecular formula is C16H13BrN6S. The number of benzene rings is 1. The van der Waals surface area contributed by atoms with E-state index in [1.807, 2.05) is 25.1 Å². The zero-order valence-electron chi connectivity index (χ0n) is 13.0. The van der Waals surface area contributed by atoms with E-state index in [0.717, 1.165) is 30.8 Å². The minimum Gasteiger partial charge on any atom is -0.338 e. The van der Waals surface area contributed by atoms with Gasteiger partial charge in [-0.25, -0.2) is 5.43 Å². The molecule has 120 valence electrons. The summed E-state index contributed by atoms with van der Waals surface area (Å²) in [6, 6.07) is 10.2. The van der Waals surface area contributed by atoms with Crippen LogP contribution in [-0.2, 0) is 0 Å².